The van der Waals surface area contributed by atoms with Gasteiger partial charge in [-0.3, -0.25) is 4.98 Å². The molecule has 8 heteroatoms. The topological polar surface area (TPSA) is 86.7 Å². The number of carbonyl (C=O) groups excluding carboxylic acids is 1. The van der Waals surface area contributed by atoms with E-state index in [1.807, 2.05) is 30.9 Å². The molecule has 0 spiro atoms. The van der Waals surface area contributed by atoms with E-state index < -0.39 is 0 Å². The van der Waals surface area contributed by atoms with Crippen LogP contribution in [0.4, 0.5) is 4.79 Å². The number of aryl methyl sites for hydroxylation is 1. The molecule has 2 saturated heterocycles. The number of hydrogen-bond donors (Lipinski definition) is 0. The summed E-state index contributed by atoms with van der Waals surface area (Å²) >= 11 is 0. The predicted molar refractivity (Wildman–Crippen MR) is 112 cm³/mol. The van der Waals surface area contributed by atoms with E-state index in [1.165, 1.54) is 19.2 Å². The Hall–Kier alpha value is -2.90. The Morgan fingerprint density at radius 2 is 1.81 bits per heavy atom. The molecule has 1 saturated carbocycles. The molecule has 8 nitrogen and oxygen atoms in total. The lowest BCUT2D eigenvalue weighted by atomic mass is 10.0. The molecule has 2 atom stereocenters. The van der Waals surface area contributed by atoms with E-state index in [4.69, 9.17) is 14.2 Å². The number of ether oxygens (including phenoxy) is 3. The van der Waals surface area contributed by atoms with E-state index in [1.54, 1.807) is 6.20 Å². The van der Waals surface area contributed by atoms with E-state index in [0.717, 1.165) is 36.9 Å². The Balaban J connectivity index is 1.24. The first-order valence-electron chi connectivity index (χ1n) is 11.1. The first-order valence-corrected chi connectivity index (χ1v) is 11.1. The number of fused-ring (bicyclic) bond motifs is 2. The van der Waals surface area contributed by atoms with Crippen LogP contribution in [0, 0.1) is 19.8 Å². The number of carbonyl (C=O) groups is 1. The number of nitrogens with zero attached hydrogens (tertiary/aromatic N) is 4. The molecule has 1 aliphatic carbocycles. The van der Waals surface area contributed by atoms with Crippen LogP contribution in [-0.2, 0) is 4.74 Å². The van der Waals surface area contributed by atoms with Crippen molar-refractivity contribution in [2.75, 3.05) is 6.61 Å². The smallest absolute Gasteiger partial charge is 0.410 e. The van der Waals surface area contributed by atoms with Gasteiger partial charge < -0.3 is 19.1 Å². The van der Waals surface area contributed by atoms with Gasteiger partial charge in [0.2, 0.25) is 11.8 Å². The minimum atomic E-state index is -0.154. The summed E-state index contributed by atoms with van der Waals surface area (Å²) in [5.74, 6) is 2.23. The van der Waals surface area contributed by atoms with Crippen LogP contribution in [0.25, 0.3) is 0 Å². The molecule has 0 unspecified atom stereocenters. The molecule has 1 amide bonds. The fourth-order valence-electron chi connectivity index (χ4n) is 4.55. The Bertz CT molecular complexity index is 950. The minimum absolute atomic E-state index is 0.00607. The standard InChI is InChI=1S/C23H28N4O4/c1-14-21(25-13-26-22(14)31-20-4-3-9-24-15(20)2)30-19-10-17-7-8-18(11-19)27(17)23(28)29-12-16-5-6-16/h3-4,9,13,16-19H,5-8,10-12H2,1-2H3/t17-,18-/m0/s1. The number of pyridine rings is 1. The van der Waals surface area contributed by atoms with Crippen LogP contribution in [0.5, 0.6) is 17.5 Å². The van der Waals surface area contributed by atoms with E-state index in [2.05, 4.69) is 15.0 Å². The molecule has 0 N–H and O–H groups in total. The summed E-state index contributed by atoms with van der Waals surface area (Å²) in [6.07, 6.45) is 8.98. The van der Waals surface area contributed by atoms with Gasteiger partial charge in [-0.25, -0.2) is 14.8 Å². The first-order chi connectivity index (χ1) is 15.1. The number of aromatic nitrogens is 3. The number of hydrogen-bond acceptors (Lipinski definition) is 7. The van der Waals surface area contributed by atoms with E-state index in [0.29, 0.717) is 30.0 Å². The lowest BCUT2D eigenvalue weighted by Crippen LogP contribution is -2.49. The van der Waals surface area contributed by atoms with Crippen molar-refractivity contribution in [2.45, 2.75) is 70.6 Å². The van der Waals surface area contributed by atoms with E-state index >= 15 is 0 Å². The lowest BCUT2D eigenvalue weighted by molar-refractivity contribution is 0.0301. The van der Waals surface area contributed by atoms with Crippen LogP contribution in [0.3, 0.4) is 0 Å². The average molecular weight is 425 g/mol. The summed E-state index contributed by atoms with van der Waals surface area (Å²) < 4.78 is 17.8. The van der Waals surface area contributed by atoms with Gasteiger partial charge in [0.1, 0.15) is 12.4 Å². The van der Waals surface area contributed by atoms with Gasteiger partial charge >= 0.3 is 6.09 Å². The van der Waals surface area contributed by atoms with Gasteiger partial charge in [-0.05, 0) is 57.6 Å². The van der Waals surface area contributed by atoms with Gasteiger partial charge in [0, 0.05) is 31.1 Å². The molecule has 3 aliphatic rings. The van der Waals surface area contributed by atoms with E-state index in [9.17, 15) is 4.79 Å². The molecule has 3 fully saturated rings. The number of rotatable bonds is 6. The Morgan fingerprint density at radius 1 is 1.06 bits per heavy atom. The fourth-order valence-corrected chi connectivity index (χ4v) is 4.55. The van der Waals surface area contributed by atoms with Crippen molar-refractivity contribution in [3.63, 3.8) is 0 Å². The van der Waals surface area contributed by atoms with Crippen molar-refractivity contribution < 1.29 is 19.0 Å². The maximum absolute atomic E-state index is 12.6. The summed E-state index contributed by atoms with van der Waals surface area (Å²) in [6, 6.07) is 4.04. The molecule has 5 rings (SSSR count). The highest BCUT2D eigenvalue weighted by Crippen LogP contribution is 2.39. The zero-order chi connectivity index (χ0) is 21.4. The summed E-state index contributed by atoms with van der Waals surface area (Å²) in [7, 11) is 0. The zero-order valence-electron chi connectivity index (χ0n) is 18.0. The van der Waals surface area contributed by atoms with Crippen LogP contribution in [0.2, 0.25) is 0 Å². The number of amides is 1. The maximum atomic E-state index is 12.6. The maximum Gasteiger partial charge on any atom is 0.410 e. The molecule has 164 valence electrons. The lowest BCUT2D eigenvalue weighted by Gasteiger charge is -2.38. The molecular weight excluding hydrogens is 396 g/mol. The van der Waals surface area contributed by atoms with Crippen LogP contribution in [0.15, 0.2) is 24.7 Å². The summed E-state index contributed by atoms with van der Waals surface area (Å²) in [4.78, 5) is 27.4. The summed E-state index contributed by atoms with van der Waals surface area (Å²) in [6.45, 7) is 4.35. The zero-order valence-corrected chi connectivity index (χ0v) is 18.0. The first kappa shape index (κ1) is 20.0. The molecule has 31 heavy (non-hydrogen) atoms. The monoisotopic (exact) mass is 424 g/mol. The Morgan fingerprint density at radius 3 is 2.52 bits per heavy atom. The molecule has 2 bridgehead atoms. The van der Waals surface area contributed by atoms with Crippen molar-refractivity contribution in [1.29, 1.82) is 0 Å². The van der Waals surface area contributed by atoms with Crippen molar-refractivity contribution >= 4 is 6.09 Å². The van der Waals surface area contributed by atoms with Crippen molar-refractivity contribution in [2.24, 2.45) is 5.92 Å². The third-order valence-corrected chi connectivity index (χ3v) is 6.48. The highest BCUT2D eigenvalue weighted by atomic mass is 16.6. The third kappa shape index (κ3) is 4.29. The quantitative estimate of drug-likeness (QED) is 0.687. The summed E-state index contributed by atoms with van der Waals surface area (Å²) in [5.41, 5.74) is 1.55. The normalized spacial score (nSPS) is 24.7. The second-order valence-electron chi connectivity index (χ2n) is 8.82. The molecule has 2 aromatic rings. The predicted octanol–water partition coefficient (Wildman–Crippen LogP) is 4.20. The van der Waals surface area contributed by atoms with Crippen LogP contribution in [-0.4, -0.2) is 50.7 Å². The van der Waals surface area contributed by atoms with Gasteiger partial charge in [-0.2, -0.15) is 0 Å². The average Bonchev–Trinajstić information content (AvgIpc) is 3.55. The van der Waals surface area contributed by atoms with Gasteiger partial charge in [0.05, 0.1) is 17.9 Å². The van der Waals surface area contributed by atoms with Gasteiger partial charge in [0.25, 0.3) is 0 Å². The van der Waals surface area contributed by atoms with E-state index in [-0.39, 0.29) is 24.3 Å². The highest BCUT2D eigenvalue weighted by Gasteiger charge is 2.45. The molecule has 0 radical (unpaired) electrons. The van der Waals surface area contributed by atoms with Crippen LogP contribution >= 0.6 is 0 Å². The second kappa shape index (κ2) is 8.32. The van der Waals surface area contributed by atoms with Crippen molar-refractivity contribution in [3.05, 3.63) is 35.9 Å². The van der Waals surface area contributed by atoms with Crippen LogP contribution in [0.1, 0.15) is 49.8 Å². The fraction of sp³-hybridized carbons (Fsp3) is 0.565. The van der Waals surface area contributed by atoms with Gasteiger partial charge in [0.15, 0.2) is 5.75 Å². The Kier molecular flexibility index (Phi) is 5.38. The second-order valence-corrected chi connectivity index (χ2v) is 8.82. The number of piperidine rings is 1. The molecule has 4 heterocycles. The van der Waals surface area contributed by atoms with Crippen molar-refractivity contribution in [1.82, 2.24) is 19.9 Å². The molecule has 2 aliphatic heterocycles. The Labute approximate surface area is 182 Å². The van der Waals surface area contributed by atoms with Gasteiger partial charge in [-0.15, -0.1) is 0 Å². The van der Waals surface area contributed by atoms with Gasteiger partial charge in [-0.1, -0.05) is 0 Å². The molecular formula is C23H28N4O4. The largest absolute Gasteiger partial charge is 0.474 e. The molecule has 0 aromatic carbocycles. The summed E-state index contributed by atoms with van der Waals surface area (Å²) in [5, 5.41) is 0. The third-order valence-electron chi connectivity index (χ3n) is 6.48. The SMILES string of the molecule is Cc1ncccc1Oc1ncnc(OC2C[C@@H]3CC[C@@H](C2)N3C(=O)OCC2CC2)c1C. The van der Waals surface area contributed by atoms with Crippen LogP contribution < -0.4 is 9.47 Å². The highest BCUT2D eigenvalue weighted by molar-refractivity contribution is 5.69. The van der Waals surface area contributed by atoms with Crippen molar-refractivity contribution in [3.8, 4) is 17.5 Å². The molecule has 2 aromatic heterocycles. The minimum Gasteiger partial charge on any atom is -0.474 e.